The predicted octanol–water partition coefficient (Wildman–Crippen LogP) is 4.28. The van der Waals surface area contributed by atoms with Crippen LogP contribution < -0.4 is 5.73 Å². The number of anilines is 1. The van der Waals surface area contributed by atoms with E-state index in [1.54, 1.807) is 12.1 Å². The molecule has 20 heavy (non-hydrogen) atoms. The standard InChI is InChI=1S/C14H9BrF3NO/c15-12-7-10(19)5-6-11(12)13(20)8-1-3-9(4-2-8)14(16,17)18/h1-7H,19H2. The van der Waals surface area contributed by atoms with Crippen molar-refractivity contribution in [2.45, 2.75) is 6.18 Å². The van der Waals surface area contributed by atoms with E-state index in [1.807, 2.05) is 0 Å². The molecule has 0 radical (unpaired) electrons. The van der Waals surface area contributed by atoms with Gasteiger partial charge in [-0.15, -0.1) is 0 Å². The lowest BCUT2D eigenvalue weighted by atomic mass is 10.0. The lowest BCUT2D eigenvalue weighted by Gasteiger charge is -2.08. The summed E-state index contributed by atoms with van der Waals surface area (Å²) in [6.07, 6.45) is -4.41. The van der Waals surface area contributed by atoms with Crippen LogP contribution in [0.4, 0.5) is 18.9 Å². The number of alkyl halides is 3. The monoisotopic (exact) mass is 343 g/mol. The Balaban J connectivity index is 2.34. The van der Waals surface area contributed by atoms with Crippen molar-refractivity contribution in [2.24, 2.45) is 0 Å². The van der Waals surface area contributed by atoms with Crippen LogP contribution in [0, 0.1) is 0 Å². The van der Waals surface area contributed by atoms with Gasteiger partial charge in [-0.3, -0.25) is 4.79 Å². The highest BCUT2D eigenvalue weighted by Gasteiger charge is 2.30. The zero-order valence-electron chi connectivity index (χ0n) is 10.0. The van der Waals surface area contributed by atoms with Gasteiger partial charge in [-0.2, -0.15) is 13.2 Å². The molecular formula is C14H9BrF3NO. The molecule has 6 heteroatoms. The quantitative estimate of drug-likeness (QED) is 0.653. The number of nitrogen functional groups attached to an aromatic ring is 1. The molecule has 2 nitrogen and oxygen atoms in total. The van der Waals surface area contributed by atoms with E-state index in [0.29, 0.717) is 15.7 Å². The molecule has 0 aromatic heterocycles. The van der Waals surface area contributed by atoms with Gasteiger partial charge in [0.1, 0.15) is 0 Å². The Kier molecular flexibility index (Phi) is 3.85. The summed E-state index contributed by atoms with van der Waals surface area (Å²) in [5, 5.41) is 0. The summed E-state index contributed by atoms with van der Waals surface area (Å²) < 4.78 is 37.8. The van der Waals surface area contributed by atoms with Crippen LogP contribution in [0.25, 0.3) is 0 Å². The molecule has 0 bridgehead atoms. The fraction of sp³-hybridized carbons (Fsp3) is 0.0714. The van der Waals surface area contributed by atoms with Crippen LogP contribution >= 0.6 is 15.9 Å². The molecule has 0 atom stereocenters. The van der Waals surface area contributed by atoms with Crippen molar-refractivity contribution in [3.63, 3.8) is 0 Å². The van der Waals surface area contributed by atoms with Crippen molar-refractivity contribution >= 4 is 27.4 Å². The lowest BCUT2D eigenvalue weighted by molar-refractivity contribution is -0.137. The summed E-state index contributed by atoms with van der Waals surface area (Å²) in [4.78, 5) is 12.2. The van der Waals surface area contributed by atoms with Crippen LogP contribution in [0.15, 0.2) is 46.9 Å². The zero-order valence-corrected chi connectivity index (χ0v) is 11.6. The van der Waals surface area contributed by atoms with Gasteiger partial charge in [0.2, 0.25) is 0 Å². The lowest BCUT2D eigenvalue weighted by Crippen LogP contribution is -2.07. The molecule has 0 heterocycles. The first-order valence-corrected chi connectivity index (χ1v) is 6.35. The minimum absolute atomic E-state index is 0.184. The van der Waals surface area contributed by atoms with Crippen LogP contribution in [0.3, 0.4) is 0 Å². The number of rotatable bonds is 2. The summed E-state index contributed by atoms with van der Waals surface area (Å²) in [5.41, 5.74) is 5.80. The first-order valence-electron chi connectivity index (χ1n) is 5.56. The second kappa shape index (κ2) is 5.28. The molecule has 0 aliphatic rings. The maximum Gasteiger partial charge on any atom is 0.416 e. The van der Waals surface area contributed by atoms with Gasteiger partial charge in [0, 0.05) is 21.3 Å². The second-order valence-corrected chi connectivity index (χ2v) is 5.00. The molecule has 2 aromatic carbocycles. The first-order chi connectivity index (χ1) is 9.29. The van der Waals surface area contributed by atoms with Crippen molar-refractivity contribution in [3.8, 4) is 0 Å². The Hall–Kier alpha value is -1.82. The Morgan fingerprint density at radius 1 is 1.05 bits per heavy atom. The number of carbonyl (C=O) groups is 1. The third-order valence-corrected chi connectivity index (χ3v) is 3.37. The van der Waals surface area contributed by atoms with E-state index in [1.165, 1.54) is 6.07 Å². The van der Waals surface area contributed by atoms with Gasteiger partial charge >= 0.3 is 6.18 Å². The van der Waals surface area contributed by atoms with Crippen molar-refractivity contribution in [1.29, 1.82) is 0 Å². The summed E-state index contributed by atoms with van der Waals surface area (Å²) in [7, 11) is 0. The van der Waals surface area contributed by atoms with Crippen LogP contribution in [0.5, 0.6) is 0 Å². The summed E-state index contributed by atoms with van der Waals surface area (Å²) in [6, 6.07) is 8.75. The van der Waals surface area contributed by atoms with E-state index in [9.17, 15) is 18.0 Å². The number of hydrogen-bond acceptors (Lipinski definition) is 2. The number of hydrogen-bond donors (Lipinski definition) is 1. The average Bonchev–Trinajstić information content (AvgIpc) is 2.37. The number of halogens is 4. The Labute approximate surface area is 121 Å². The fourth-order valence-corrected chi connectivity index (χ4v) is 2.26. The number of ketones is 1. The molecule has 104 valence electrons. The maximum absolute atomic E-state index is 12.4. The van der Waals surface area contributed by atoms with Gasteiger partial charge in [0.25, 0.3) is 0 Å². The average molecular weight is 344 g/mol. The molecule has 0 amide bonds. The van der Waals surface area contributed by atoms with Gasteiger partial charge in [-0.25, -0.2) is 0 Å². The summed E-state index contributed by atoms with van der Waals surface area (Å²) >= 11 is 3.21. The third kappa shape index (κ3) is 3.01. The smallest absolute Gasteiger partial charge is 0.399 e. The molecule has 0 aliphatic heterocycles. The number of carbonyl (C=O) groups excluding carboxylic acids is 1. The van der Waals surface area contributed by atoms with E-state index in [4.69, 9.17) is 5.73 Å². The SMILES string of the molecule is Nc1ccc(C(=O)c2ccc(C(F)(F)F)cc2)c(Br)c1. The molecule has 0 saturated heterocycles. The van der Waals surface area contributed by atoms with Crippen molar-refractivity contribution in [3.05, 3.63) is 63.6 Å². The molecule has 2 aromatic rings. The Bertz CT molecular complexity index is 650. The Morgan fingerprint density at radius 3 is 2.15 bits per heavy atom. The zero-order chi connectivity index (χ0) is 14.9. The Morgan fingerprint density at radius 2 is 1.65 bits per heavy atom. The van der Waals surface area contributed by atoms with Gasteiger partial charge in [-0.1, -0.05) is 12.1 Å². The van der Waals surface area contributed by atoms with Crippen LogP contribution in [-0.2, 0) is 6.18 Å². The van der Waals surface area contributed by atoms with Crippen LogP contribution in [0.1, 0.15) is 21.5 Å². The van der Waals surface area contributed by atoms with Crippen molar-refractivity contribution in [1.82, 2.24) is 0 Å². The van der Waals surface area contributed by atoms with Crippen molar-refractivity contribution in [2.75, 3.05) is 5.73 Å². The highest BCUT2D eigenvalue weighted by Crippen LogP contribution is 2.30. The first kappa shape index (κ1) is 14.6. The van der Waals surface area contributed by atoms with Gasteiger partial charge in [0.05, 0.1) is 5.56 Å². The van der Waals surface area contributed by atoms with Gasteiger partial charge < -0.3 is 5.73 Å². The molecule has 0 aliphatic carbocycles. The molecule has 0 spiro atoms. The van der Waals surface area contributed by atoms with Gasteiger partial charge in [0.15, 0.2) is 5.78 Å². The third-order valence-electron chi connectivity index (χ3n) is 2.71. The van der Waals surface area contributed by atoms with E-state index in [2.05, 4.69) is 15.9 Å². The largest absolute Gasteiger partial charge is 0.416 e. The molecular weight excluding hydrogens is 335 g/mol. The second-order valence-electron chi connectivity index (χ2n) is 4.14. The highest BCUT2D eigenvalue weighted by atomic mass is 79.9. The van der Waals surface area contributed by atoms with Gasteiger partial charge in [-0.05, 0) is 46.3 Å². The molecule has 0 fully saturated rings. The molecule has 0 saturated carbocycles. The minimum atomic E-state index is -4.41. The topological polar surface area (TPSA) is 43.1 Å². The molecule has 2 rings (SSSR count). The normalized spacial score (nSPS) is 11.4. The summed E-state index contributed by atoms with van der Waals surface area (Å²) in [6.45, 7) is 0. The van der Waals surface area contributed by atoms with E-state index < -0.39 is 11.7 Å². The van der Waals surface area contributed by atoms with Crippen LogP contribution in [0.2, 0.25) is 0 Å². The molecule has 0 unspecified atom stereocenters. The van der Waals surface area contributed by atoms with Crippen LogP contribution in [-0.4, -0.2) is 5.78 Å². The number of benzene rings is 2. The van der Waals surface area contributed by atoms with E-state index in [0.717, 1.165) is 24.3 Å². The minimum Gasteiger partial charge on any atom is -0.399 e. The number of nitrogens with two attached hydrogens (primary N) is 1. The predicted molar refractivity (Wildman–Crippen MR) is 73.4 cm³/mol. The molecule has 2 N–H and O–H groups in total. The van der Waals surface area contributed by atoms with E-state index >= 15 is 0 Å². The van der Waals surface area contributed by atoms with Crippen molar-refractivity contribution < 1.29 is 18.0 Å². The van der Waals surface area contributed by atoms with E-state index in [-0.39, 0.29) is 11.3 Å². The highest BCUT2D eigenvalue weighted by molar-refractivity contribution is 9.10. The summed E-state index contributed by atoms with van der Waals surface area (Å²) in [5.74, 6) is -0.370. The maximum atomic E-state index is 12.4. The fourth-order valence-electron chi connectivity index (χ4n) is 1.68.